The molecular weight excluding hydrogens is 490 g/mol. The van der Waals surface area contributed by atoms with Crippen molar-refractivity contribution in [3.63, 3.8) is 0 Å². The second-order valence-corrected chi connectivity index (χ2v) is 11.6. The SMILES string of the molecule is CN(C)CCCOC1=NN(c2ccccc2)CC1S(=O)(=O)c1ccc(Cl)cc1.CS(=O)(=O)O. The van der Waals surface area contributed by atoms with Crippen LogP contribution in [0.3, 0.4) is 0 Å². The van der Waals surface area contributed by atoms with Crippen LogP contribution < -0.4 is 5.01 Å². The molecule has 1 N–H and O–H groups in total. The summed E-state index contributed by atoms with van der Waals surface area (Å²) in [5, 5.41) is 5.78. The minimum absolute atomic E-state index is 0.206. The number of para-hydroxylation sites is 1. The van der Waals surface area contributed by atoms with Crippen molar-refractivity contribution in [2.24, 2.45) is 5.10 Å². The molecule has 9 nitrogen and oxygen atoms in total. The fraction of sp³-hybridized carbons (Fsp3) is 0.381. The fourth-order valence-corrected chi connectivity index (χ4v) is 4.61. The molecule has 1 aliphatic heterocycles. The monoisotopic (exact) mass is 517 g/mol. The molecule has 2 aromatic carbocycles. The first-order valence-electron chi connectivity index (χ1n) is 9.98. The van der Waals surface area contributed by atoms with Gasteiger partial charge in [0.15, 0.2) is 15.1 Å². The number of hydrogen-bond acceptors (Lipinski definition) is 8. The van der Waals surface area contributed by atoms with E-state index in [0.29, 0.717) is 17.9 Å². The Bertz CT molecular complexity index is 1130. The van der Waals surface area contributed by atoms with E-state index in [1.165, 1.54) is 12.1 Å². The van der Waals surface area contributed by atoms with Crippen LogP contribution in [-0.4, -0.2) is 77.5 Å². The van der Waals surface area contributed by atoms with Gasteiger partial charge in [0.1, 0.15) is 0 Å². The van der Waals surface area contributed by atoms with E-state index in [1.54, 1.807) is 17.1 Å². The Morgan fingerprint density at radius 3 is 2.21 bits per heavy atom. The summed E-state index contributed by atoms with van der Waals surface area (Å²) in [5.41, 5.74) is 0.825. The molecule has 0 aromatic heterocycles. The van der Waals surface area contributed by atoms with Gasteiger partial charge in [0.05, 0.1) is 30.0 Å². The second kappa shape index (κ2) is 11.8. The molecule has 182 valence electrons. The summed E-state index contributed by atoms with van der Waals surface area (Å²) < 4.78 is 58.2. The number of benzene rings is 2. The number of nitrogens with zero attached hydrogens (tertiary/aromatic N) is 3. The van der Waals surface area contributed by atoms with Gasteiger partial charge in [-0.3, -0.25) is 9.56 Å². The maximum absolute atomic E-state index is 13.2. The molecule has 0 aliphatic carbocycles. The van der Waals surface area contributed by atoms with E-state index in [2.05, 4.69) is 10.0 Å². The molecule has 0 fully saturated rings. The lowest BCUT2D eigenvalue weighted by atomic mass is 10.3. The lowest BCUT2D eigenvalue weighted by Gasteiger charge is -2.16. The average molecular weight is 518 g/mol. The van der Waals surface area contributed by atoms with Gasteiger partial charge in [0, 0.05) is 11.6 Å². The van der Waals surface area contributed by atoms with E-state index >= 15 is 0 Å². The Morgan fingerprint density at radius 2 is 1.67 bits per heavy atom. The largest absolute Gasteiger partial charge is 0.479 e. The van der Waals surface area contributed by atoms with Gasteiger partial charge >= 0.3 is 0 Å². The Balaban J connectivity index is 0.000000696. The zero-order valence-corrected chi connectivity index (χ0v) is 21.0. The molecular formula is C21H28ClN3O6S2. The van der Waals surface area contributed by atoms with Gasteiger partial charge in [-0.15, -0.1) is 5.10 Å². The van der Waals surface area contributed by atoms with E-state index in [1.807, 2.05) is 44.4 Å². The van der Waals surface area contributed by atoms with Crippen LogP contribution >= 0.6 is 11.6 Å². The maximum atomic E-state index is 13.2. The molecule has 0 radical (unpaired) electrons. The number of ether oxygens (including phenoxy) is 1. The molecule has 1 heterocycles. The van der Waals surface area contributed by atoms with Gasteiger partial charge in [0.2, 0.25) is 5.90 Å². The summed E-state index contributed by atoms with van der Waals surface area (Å²) in [6.07, 6.45) is 1.50. The Labute approximate surface area is 200 Å². The van der Waals surface area contributed by atoms with Crippen molar-refractivity contribution in [2.45, 2.75) is 16.6 Å². The van der Waals surface area contributed by atoms with Crippen molar-refractivity contribution in [1.29, 1.82) is 0 Å². The summed E-state index contributed by atoms with van der Waals surface area (Å²) in [6.45, 7) is 1.47. The lowest BCUT2D eigenvalue weighted by Crippen LogP contribution is -2.34. The molecule has 33 heavy (non-hydrogen) atoms. The standard InChI is InChI=1S/C20H24ClN3O3S.CH4O3S/c1-23(2)13-6-14-27-20-19(15-24(22-20)17-7-4-3-5-8-17)28(25,26)18-11-9-16(21)10-12-18;1-5(2,3)4/h3-5,7-12,19H,6,13-15H2,1-2H3;1H3,(H,2,3,4). The molecule has 1 unspecified atom stereocenters. The van der Waals surface area contributed by atoms with Crippen LogP contribution in [0.5, 0.6) is 0 Å². The molecule has 0 bridgehead atoms. The highest BCUT2D eigenvalue weighted by Gasteiger charge is 2.40. The third-order valence-electron chi connectivity index (χ3n) is 4.40. The van der Waals surface area contributed by atoms with E-state index in [4.69, 9.17) is 20.9 Å². The van der Waals surface area contributed by atoms with Crippen LogP contribution in [-0.2, 0) is 24.7 Å². The summed E-state index contributed by atoms with van der Waals surface area (Å²) >= 11 is 5.91. The zero-order valence-electron chi connectivity index (χ0n) is 18.6. The summed E-state index contributed by atoms with van der Waals surface area (Å²) in [6, 6.07) is 15.7. The van der Waals surface area contributed by atoms with Crippen LogP contribution in [0, 0.1) is 0 Å². The number of halogens is 1. The third-order valence-corrected chi connectivity index (χ3v) is 6.69. The highest BCUT2D eigenvalue weighted by atomic mass is 35.5. The van der Waals surface area contributed by atoms with Crippen molar-refractivity contribution in [3.05, 3.63) is 59.6 Å². The molecule has 0 spiro atoms. The van der Waals surface area contributed by atoms with Crippen LogP contribution in [0.1, 0.15) is 6.42 Å². The zero-order chi connectivity index (χ0) is 24.6. The van der Waals surface area contributed by atoms with Gasteiger partial charge in [-0.2, -0.15) is 8.42 Å². The minimum Gasteiger partial charge on any atom is -0.479 e. The molecule has 1 atom stereocenters. The van der Waals surface area contributed by atoms with Crippen molar-refractivity contribution in [2.75, 3.05) is 45.1 Å². The van der Waals surface area contributed by atoms with Crippen molar-refractivity contribution in [3.8, 4) is 0 Å². The van der Waals surface area contributed by atoms with Gasteiger partial charge in [-0.1, -0.05) is 29.8 Å². The number of hydrogen-bond donors (Lipinski definition) is 1. The third kappa shape index (κ3) is 8.94. The summed E-state index contributed by atoms with van der Waals surface area (Å²) in [5.74, 6) is 0.234. The van der Waals surface area contributed by atoms with Crippen LogP contribution in [0.4, 0.5) is 5.69 Å². The highest BCUT2D eigenvalue weighted by Crippen LogP contribution is 2.27. The molecule has 0 saturated heterocycles. The first-order chi connectivity index (χ1) is 15.4. The van der Waals surface area contributed by atoms with E-state index in [0.717, 1.165) is 18.7 Å². The number of rotatable bonds is 7. The van der Waals surface area contributed by atoms with Crippen LogP contribution in [0.25, 0.3) is 0 Å². The summed E-state index contributed by atoms with van der Waals surface area (Å²) in [4.78, 5) is 2.26. The second-order valence-electron chi connectivity index (χ2n) is 7.58. The quantitative estimate of drug-likeness (QED) is 0.440. The van der Waals surface area contributed by atoms with E-state index < -0.39 is 25.2 Å². The molecule has 1 aliphatic rings. The van der Waals surface area contributed by atoms with Crippen molar-refractivity contribution >= 4 is 43.1 Å². The van der Waals surface area contributed by atoms with E-state index in [-0.39, 0.29) is 17.3 Å². The van der Waals surface area contributed by atoms with Gasteiger partial charge in [0.25, 0.3) is 10.1 Å². The van der Waals surface area contributed by atoms with Crippen molar-refractivity contribution < 1.29 is 26.1 Å². The Morgan fingerprint density at radius 1 is 1.09 bits per heavy atom. The van der Waals surface area contributed by atoms with Gasteiger partial charge in [-0.05, 0) is 56.9 Å². The molecule has 0 saturated carbocycles. The average Bonchev–Trinajstić information content (AvgIpc) is 3.16. The van der Waals surface area contributed by atoms with Gasteiger partial charge in [-0.25, -0.2) is 8.42 Å². The predicted molar refractivity (Wildman–Crippen MR) is 130 cm³/mol. The predicted octanol–water partition coefficient (Wildman–Crippen LogP) is 2.79. The lowest BCUT2D eigenvalue weighted by molar-refractivity contribution is 0.267. The van der Waals surface area contributed by atoms with Crippen molar-refractivity contribution in [1.82, 2.24) is 4.90 Å². The maximum Gasteiger partial charge on any atom is 0.261 e. The Kier molecular flexibility index (Phi) is 9.68. The molecule has 2 aromatic rings. The number of anilines is 1. The normalized spacial score (nSPS) is 16.2. The smallest absolute Gasteiger partial charge is 0.261 e. The number of sulfone groups is 1. The number of hydrazone groups is 1. The first kappa shape index (κ1) is 27.1. The first-order valence-corrected chi connectivity index (χ1v) is 13.8. The fourth-order valence-electron chi connectivity index (χ4n) is 2.92. The van der Waals surface area contributed by atoms with E-state index in [9.17, 15) is 16.8 Å². The highest BCUT2D eigenvalue weighted by molar-refractivity contribution is 7.92. The van der Waals surface area contributed by atoms with Crippen LogP contribution in [0.2, 0.25) is 5.02 Å². The van der Waals surface area contributed by atoms with Gasteiger partial charge < -0.3 is 9.64 Å². The molecule has 0 amide bonds. The summed E-state index contributed by atoms with van der Waals surface area (Å²) in [7, 11) is -3.36. The Hall–Kier alpha value is -2.18. The molecule has 3 rings (SSSR count). The van der Waals surface area contributed by atoms with Crippen LogP contribution in [0.15, 0.2) is 64.6 Å². The molecule has 12 heteroatoms. The topological polar surface area (TPSA) is 117 Å². The minimum atomic E-state index is -3.67.